The van der Waals surface area contributed by atoms with Gasteiger partial charge in [0.25, 0.3) is 0 Å². The quantitative estimate of drug-likeness (QED) is 0.593. The molecular formula is C9H7N2. The molecule has 0 aliphatic rings. The molecule has 0 saturated carbocycles. The Kier molecular flexibility index (Phi) is 1.44. The van der Waals surface area contributed by atoms with Crippen molar-refractivity contribution in [2.75, 3.05) is 0 Å². The summed E-state index contributed by atoms with van der Waals surface area (Å²) in [4.78, 5) is 4.15. The monoisotopic (exact) mass is 143 g/mol. The zero-order valence-corrected chi connectivity index (χ0v) is 5.94. The molecule has 0 N–H and O–H groups in total. The normalized spacial score (nSPS) is 9.82. The molecule has 0 aliphatic carbocycles. The van der Waals surface area contributed by atoms with E-state index in [1.54, 1.807) is 12.3 Å². The van der Waals surface area contributed by atoms with Crippen molar-refractivity contribution in [3.63, 3.8) is 0 Å². The molecule has 0 spiro atoms. The number of nitrogens with zero attached hydrogens (tertiary/aromatic N) is 2. The standard InChI is InChI=1S/C9H7N2/c1-2-6-10-9(5-1)11-7-3-4-8-11/h2-8H. The van der Waals surface area contributed by atoms with Gasteiger partial charge in [0.2, 0.25) is 0 Å². The fraction of sp³-hybridized carbons (Fsp3) is 0. The van der Waals surface area contributed by atoms with E-state index in [1.165, 1.54) is 0 Å². The van der Waals surface area contributed by atoms with Crippen molar-refractivity contribution in [1.82, 2.24) is 9.55 Å². The maximum atomic E-state index is 4.15. The van der Waals surface area contributed by atoms with E-state index in [-0.39, 0.29) is 0 Å². The molecule has 0 unspecified atom stereocenters. The summed E-state index contributed by atoms with van der Waals surface area (Å²) in [5.74, 6) is 0.900. The Bertz CT molecular complexity index is 311. The number of aromatic nitrogens is 2. The van der Waals surface area contributed by atoms with Gasteiger partial charge >= 0.3 is 0 Å². The lowest BCUT2D eigenvalue weighted by molar-refractivity contribution is 1.01. The predicted molar refractivity (Wildman–Crippen MR) is 42.4 cm³/mol. The van der Waals surface area contributed by atoms with Gasteiger partial charge in [-0.1, -0.05) is 0 Å². The molecule has 2 heteroatoms. The van der Waals surface area contributed by atoms with Crippen molar-refractivity contribution >= 4 is 0 Å². The highest BCUT2D eigenvalue weighted by atomic mass is 15.0. The van der Waals surface area contributed by atoms with Crippen molar-refractivity contribution in [3.05, 3.63) is 48.9 Å². The van der Waals surface area contributed by atoms with Gasteiger partial charge in [0.05, 0.1) is 0 Å². The minimum Gasteiger partial charge on any atom is -0.309 e. The first-order valence-corrected chi connectivity index (χ1v) is 3.42. The molecule has 0 bridgehead atoms. The van der Waals surface area contributed by atoms with Crippen LogP contribution in [0.5, 0.6) is 0 Å². The summed E-state index contributed by atoms with van der Waals surface area (Å²) in [5.41, 5.74) is 0. The van der Waals surface area contributed by atoms with Crippen LogP contribution in [0.3, 0.4) is 0 Å². The van der Waals surface area contributed by atoms with Gasteiger partial charge in [0.15, 0.2) is 0 Å². The lowest BCUT2D eigenvalue weighted by Gasteiger charge is -1.97. The Morgan fingerprint density at radius 3 is 2.73 bits per heavy atom. The van der Waals surface area contributed by atoms with E-state index >= 15 is 0 Å². The minimum atomic E-state index is 0.900. The summed E-state index contributed by atoms with van der Waals surface area (Å²) in [7, 11) is 0. The summed E-state index contributed by atoms with van der Waals surface area (Å²) in [6.45, 7) is 0. The van der Waals surface area contributed by atoms with E-state index in [0.29, 0.717) is 0 Å². The fourth-order valence-electron chi connectivity index (χ4n) is 0.945. The van der Waals surface area contributed by atoms with Crippen molar-refractivity contribution in [1.29, 1.82) is 0 Å². The van der Waals surface area contributed by atoms with Gasteiger partial charge in [-0.25, -0.2) is 4.98 Å². The van der Waals surface area contributed by atoms with Gasteiger partial charge in [-0.15, -0.1) is 0 Å². The molecule has 2 rings (SSSR count). The van der Waals surface area contributed by atoms with Gasteiger partial charge in [-0.3, -0.25) is 0 Å². The van der Waals surface area contributed by atoms with Crippen molar-refractivity contribution in [3.8, 4) is 5.82 Å². The maximum Gasteiger partial charge on any atom is 0.137 e. The molecule has 0 atom stereocenters. The molecule has 2 heterocycles. The average molecular weight is 143 g/mol. The molecule has 11 heavy (non-hydrogen) atoms. The van der Waals surface area contributed by atoms with Crippen LogP contribution in [-0.4, -0.2) is 9.55 Å². The third kappa shape index (κ3) is 1.15. The van der Waals surface area contributed by atoms with Crippen LogP contribution in [0.15, 0.2) is 42.9 Å². The second-order valence-electron chi connectivity index (χ2n) is 2.20. The van der Waals surface area contributed by atoms with E-state index in [0.717, 1.165) is 5.82 Å². The van der Waals surface area contributed by atoms with E-state index in [4.69, 9.17) is 0 Å². The van der Waals surface area contributed by atoms with Crippen LogP contribution in [0.1, 0.15) is 0 Å². The molecule has 2 nitrogen and oxygen atoms in total. The first-order valence-electron chi connectivity index (χ1n) is 3.42. The highest BCUT2D eigenvalue weighted by Gasteiger charge is 1.90. The summed E-state index contributed by atoms with van der Waals surface area (Å²) < 4.78 is 1.94. The predicted octanol–water partition coefficient (Wildman–Crippen LogP) is 1.67. The summed E-state index contributed by atoms with van der Waals surface area (Å²) in [6, 6.07) is 10.5. The summed E-state index contributed by atoms with van der Waals surface area (Å²) in [6.07, 6.45) is 5.64. The average Bonchev–Trinajstić information content (AvgIpc) is 2.58. The molecule has 53 valence electrons. The van der Waals surface area contributed by atoms with Crippen molar-refractivity contribution in [2.45, 2.75) is 0 Å². The Hall–Kier alpha value is -1.57. The van der Waals surface area contributed by atoms with Crippen LogP contribution >= 0.6 is 0 Å². The van der Waals surface area contributed by atoms with Gasteiger partial charge in [0, 0.05) is 18.6 Å². The highest BCUT2D eigenvalue weighted by Crippen LogP contribution is 2.01. The summed E-state index contributed by atoms with van der Waals surface area (Å²) >= 11 is 0. The first-order chi connectivity index (χ1) is 5.47. The number of pyridine rings is 1. The molecule has 0 amide bonds. The molecule has 0 fully saturated rings. The summed E-state index contributed by atoms with van der Waals surface area (Å²) in [5, 5.41) is 0. The van der Waals surface area contributed by atoms with E-state index in [9.17, 15) is 0 Å². The first kappa shape index (κ1) is 6.16. The van der Waals surface area contributed by atoms with Crippen LogP contribution in [0.4, 0.5) is 0 Å². The van der Waals surface area contributed by atoms with Crippen LogP contribution < -0.4 is 0 Å². The van der Waals surface area contributed by atoms with Gasteiger partial charge in [0.1, 0.15) is 5.82 Å². The van der Waals surface area contributed by atoms with E-state index in [2.05, 4.69) is 11.1 Å². The molecule has 0 aromatic carbocycles. The smallest absolute Gasteiger partial charge is 0.137 e. The third-order valence-electron chi connectivity index (χ3n) is 1.46. The molecule has 0 aliphatic heterocycles. The van der Waals surface area contributed by atoms with Crippen molar-refractivity contribution in [2.24, 2.45) is 0 Å². The van der Waals surface area contributed by atoms with Gasteiger partial charge in [-0.05, 0) is 30.3 Å². The third-order valence-corrected chi connectivity index (χ3v) is 1.46. The Labute approximate surface area is 65.1 Å². The SMILES string of the molecule is [c]1ccnc(-n2cccc2)c1. The maximum absolute atomic E-state index is 4.15. The molecular weight excluding hydrogens is 136 g/mol. The Morgan fingerprint density at radius 2 is 2.09 bits per heavy atom. The molecule has 1 radical (unpaired) electrons. The lowest BCUT2D eigenvalue weighted by atomic mass is 10.5. The number of hydrogen-bond acceptors (Lipinski definition) is 1. The largest absolute Gasteiger partial charge is 0.309 e. The van der Waals surface area contributed by atoms with Gasteiger partial charge < -0.3 is 4.57 Å². The van der Waals surface area contributed by atoms with Crippen molar-refractivity contribution < 1.29 is 0 Å². The highest BCUT2D eigenvalue weighted by molar-refractivity contribution is 5.21. The van der Waals surface area contributed by atoms with Crippen LogP contribution in [0.2, 0.25) is 0 Å². The molecule has 2 aromatic rings. The minimum absolute atomic E-state index is 0.900. The van der Waals surface area contributed by atoms with Gasteiger partial charge in [-0.2, -0.15) is 0 Å². The Morgan fingerprint density at radius 1 is 1.27 bits per heavy atom. The lowest BCUT2D eigenvalue weighted by Crippen LogP contribution is -1.91. The van der Waals surface area contributed by atoms with E-state index < -0.39 is 0 Å². The van der Waals surface area contributed by atoms with Crippen LogP contribution in [0.25, 0.3) is 5.82 Å². The van der Waals surface area contributed by atoms with Crippen LogP contribution in [0, 0.1) is 6.07 Å². The second kappa shape index (κ2) is 2.58. The number of rotatable bonds is 1. The molecule has 0 saturated heterocycles. The van der Waals surface area contributed by atoms with Crippen LogP contribution in [-0.2, 0) is 0 Å². The second-order valence-corrected chi connectivity index (χ2v) is 2.20. The topological polar surface area (TPSA) is 17.8 Å². The van der Waals surface area contributed by atoms with E-state index in [1.807, 2.05) is 35.2 Å². The number of hydrogen-bond donors (Lipinski definition) is 0. The zero-order chi connectivity index (χ0) is 7.52. The zero-order valence-electron chi connectivity index (χ0n) is 5.94. The fourth-order valence-corrected chi connectivity index (χ4v) is 0.945. The Balaban J connectivity index is 2.46. The molecule has 2 aromatic heterocycles.